The van der Waals surface area contributed by atoms with Gasteiger partial charge in [0.15, 0.2) is 0 Å². The van der Waals surface area contributed by atoms with Crippen LogP contribution in [0.15, 0.2) is 91.0 Å². The van der Waals surface area contributed by atoms with Crippen molar-refractivity contribution in [3.8, 4) is 38.6 Å². The van der Waals surface area contributed by atoms with Crippen LogP contribution in [0.4, 0.5) is 4.79 Å². The van der Waals surface area contributed by atoms with Gasteiger partial charge < -0.3 is 15.9 Å². The van der Waals surface area contributed by atoms with Crippen molar-refractivity contribution in [2.24, 2.45) is 5.73 Å². The average Bonchev–Trinajstić information content (AvgIpc) is 3.71. The molecule has 0 fully saturated rings. The molecule has 0 atom stereocenters. The van der Waals surface area contributed by atoms with Gasteiger partial charge in [0.25, 0.3) is 0 Å². The second-order valence-corrected chi connectivity index (χ2v) is 11.7. The fourth-order valence-corrected chi connectivity index (χ4v) is 7.54. The number of nitrogens with two attached hydrogens (primary N) is 1. The second-order valence-electron chi connectivity index (χ2n) is 9.60. The maximum atomic E-state index is 12.4. The van der Waals surface area contributed by atoms with Crippen LogP contribution in [0.3, 0.4) is 0 Å². The summed E-state index contributed by atoms with van der Waals surface area (Å²) < 4.78 is 4.83. The molecule has 8 nitrogen and oxygen atoms in total. The standard InChI is InChI=1S/C31H19N5O3S2/c32-31(39)36-22-14-13-16(15-18(22)26(30(36)38)28-34-20-9-3-6-12-24(20)41-28)35-21-10-4-1-7-17(21)25(29(35)37)27-33-19-8-2-5-11-23(19)40-27/h1-15,37-38H,(H2,32,39). The van der Waals surface area contributed by atoms with Crippen LogP contribution in [0, 0.1) is 0 Å². The first kappa shape index (κ1) is 23.7. The summed E-state index contributed by atoms with van der Waals surface area (Å²) in [4.78, 5) is 22.0. The molecule has 8 rings (SSSR count). The fourth-order valence-electron chi connectivity index (χ4n) is 5.50. The number of nitrogens with zero attached hydrogens (tertiary/aromatic N) is 4. The van der Waals surface area contributed by atoms with Crippen LogP contribution in [0.5, 0.6) is 11.8 Å². The molecule has 8 aromatic rings. The van der Waals surface area contributed by atoms with Gasteiger partial charge in [-0.25, -0.2) is 19.3 Å². The van der Waals surface area contributed by atoms with Gasteiger partial charge >= 0.3 is 6.03 Å². The Bertz CT molecular complexity index is 2280. The van der Waals surface area contributed by atoms with Crippen molar-refractivity contribution in [1.82, 2.24) is 19.1 Å². The lowest BCUT2D eigenvalue weighted by Crippen LogP contribution is -2.18. The van der Waals surface area contributed by atoms with Crippen molar-refractivity contribution in [2.45, 2.75) is 0 Å². The van der Waals surface area contributed by atoms with E-state index in [0.717, 1.165) is 35.9 Å². The number of hydrogen-bond acceptors (Lipinski definition) is 7. The number of amides is 1. The first-order chi connectivity index (χ1) is 20.0. The van der Waals surface area contributed by atoms with Crippen LogP contribution >= 0.6 is 22.7 Å². The zero-order chi connectivity index (χ0) is 27.8. The highest BCUT2D eigenvalue weighted by atomic mass is 32.1. The number of thiazole rings is 2. The maximum Gasteiger partial charge on any atom is 0.326 e. The number of primary amides is 1. The van der Waals surface area contributed by atoms with Gasteiger partial charge in [-0.1, -0.05) is 42.5 Å². The van der Waals surface area contributed by atoms with E-state index < -0.39 is 6.03 Å². The summed E-state index contributed by atoms with van der Waals surface area (Å²) in [5.41, 5.74) is 10.3. The zero-order valence-corrected chi connectivity index (χ0v) is 22.8. The van der Waals surface area contributed by atoms with E-state index in [0.29, 0.717) is 37.7 Å². The smallest absolute Gasteiger partial charge is 0.326 e. The Hall–Kier alpha value is -5.19. The van der Waals surface area contributed by atoms with Crippen LogP contribution in [0.25, 0.3) is 69.1 Å². The van der Waals surface area contributed by atoms with Crippen LogP contribution in [-0.4, -0.2) is 35.3 Å². The van der Waals surface area contributed by atoms with Gasteiger partial charge in [-0.15, -0.1) is 22.7 Å². The fraction of sp³-hybridized carbons (Fsp3) is 0. The number of rotatable bonds is 3. The van der Waals surface area contributed by atoms with E-state index in [9.17, 15) is 15.0 Å². The minimum Gasteiger partial charge on any atom is -0.494 e. The monoisotopic (exact) mass is 573 g/mol. The molecule has 0 aliphatic carbocycles. The summed E-state index contributed by atoms with van der Waals surface area (Å²) in [6.45, 7) is 0. The molecule has 1 amide bonds. The third-order valence-electron chi connectivity index (χ3n) is 7.27. The predicted molar refractivity (Wildman–Crippen MR) is 164 cm³/mol. The number of fused-ring (bicyclic) bond motifs is 4. The van der Waals surface area contributed by atoms with E-state index in [-0.39, 0.29) is 11.8 Å². The van der Waals surface area contributed by atoms with Gasteiger partial charge in [0, 0.05) is 16.5 Å². The highest BCUT2D eigenvalue weighted by Gasteiger charge is 2.26. The lowest BCUT2D eigenvalue weighted by atomic mass is 10.1. The summed E-state index contributed by atoms with van der Waals surface area (Å²) in [6.07, 6.45) is 0. The Labute approximate surface area is 239 Å². The minimum absolute atomic E-state index is 0.0460. The average molecular weight is 574 g/mol. The van der Waals surface area contributed by atoms with E-state index >= 15 is 0 Å². The highest BCUT2D eigenvalue weighted by molar-refractivity contribution is 7.22. The molecule has 10 heteroatoms. The van der Waals surface area contributed by atoms with Crippen LogP contribution in [0.1, 0.15) is 0 Å². The number of aromatic nitrogens is 4. The third-order valence-corrected chi connectivity index (χ3v) is 9.38. The topological polar surface area (TPSA) is 119 Å². The largest absolute Gasteiger partial charge is 0.494 e. The van der Waals surface area contributed by atoms with Crippen molar-refractivity contribution in [1.29, 1.82) is 0 Å². The van der Waals surface area contributed by atoms with Gasteiger partial charge in [0.2, 0.25) is 11.8 Å². The summed E-state index contributed by atoms with van der Waals surface area (Å²) in [7, 11) is 0. The van der Waals surface area contributed by atoms with Gasteiger partial charge in [-0.05, 0) is 48.5 Å². The predicted octanol–water partition coefficient (Wildman–Crippen LogP) is 7.48. The van der Waals surface area contributed by atoms with Gasteiger partial charge in [-0.2, -0.15) is 0 Å². The van der Waals surface area contributed by atoms with E-state index in [1.165, 1.54) is 22.7 Å². The Balaban J connectivity index is 1.40. The molecule has 4 N–H and O–H groups in total. The molecule has 0 saturated heterocycles. The van der Waals surface area contributed by atoms with Crippen molar-refractivity contribution in [2.75, 3.05) is 0 Å². The second kappa shape index (κ2) is 8.65. The van der Waals surface area contributed by atoms with Gasteiger partial charge in [0.05, 0.1) is 42.6 Å². The first-order valence-electron chi connectivity index (χ1n) is 12.7. The van der Waals surface area contributed by atoms with Gasteiger partial charge in [0.1, 0.15) is 10.0 Å². The molecule has 4 aromatic heterocycles. The molecule has 0 spiro atoms. The minimum atomic E-state index is -0.806. The van der Waals surface area contributed by atoms with E-state index in [1.54, 1.807) is 16.7 Å². The molecule has 0 aliphatic rings. The highest BCUT2D eigenvalue weighted by Crippen LogP contribution is 2.46. The third kappa shape index (κ3) is 3.41. The SMILES string of the molecule is NC(=O)n1c(O)c(-c2nc3ccccc3s2)c2cc(-n3c(O)c(-c4nc5ccccc5s4)c4ccccc43)ccc21. The molecular weight excluding hydrogens is 555 g/mol. The molecule has 0 aliphatic heterocycles. The molecule has 41 heavy (non-hydrogen) atoms. The lowest BCUT2D eigenvalue weighted by Gasteiger charge is -2.08. The van der Waals surface area contributed by atoms with Crippen LogP contribution < -0.4 is 5.73 Å². The van der Waals surface area contributed by atoms with Crippen molar-refractivity contribution < 1.29 is 15.0 Å². The number of carbonyl (C=O) groups excluding carboxylic acids is 1. The Morgan fingerprint density at radius 2 is 1.27 bits per heavy atom. The van der Waals surface area contributed by atoms with E-state index in [2.05, 4.69) is 0 Å². The maximum absolute atomic E-state index is 12.4. The number of para-hydroxylation sites is 3. The number of benzene rings is 4. The first-order valence-corrected chi connectivity index (χ1v) is 14.3. The Morgan fingerprint density at radius 1 is 0.683 bits per heavy atom. The molecule has 4 heterocycles. The van der Waals surface area contributed by atoms with Crippen LogP contribution in [-0.2, 0) is 0 Å². The molecule has 4 aromatic carbocycles. The molecule has 198 valence electrons. The van der Waals surface area contributed by atoms with Gasteiger partial charge in [-0.3, -0.25) is 4.57 Å². The molecule has 0 bridgehead atoms. The molecule has 0 saturated carbocycles. The molecular formula is C31H19N5O3S2. The number of carbonyl (C=O) groups is 1. The lowest BCUT2D eigenvalue weighted by molar-refractivity contribution is 0.248. The summed E-state index contributed by atoms with van der Waals surface area (Å²) in [5.74, 6) is -0.231. The Kier molecular flexibility index (Phi) is 5.00. The normalized spacial score (nSPS) is 11.8. The molecule has 0 radical (unpaired) electrons. The summed E-state index contributed by atoms with van der Waals surface area (Å²) in [6, 6.07) is 27.9. The van der Waals surface area contributed by atoms with Crippen molar-refractivity contribution >= 4 is 70.9 Å². The van der Waals surface area contributed by atoms with E-state index in [1.807, 2.05) is 78.9 Å². The quantitative estimate of drug-likeness (QED) is 0.202. The number of hydrogen-bond donors (Lipinski definition) is 3. The zero-order valence-electron chi connectivity index (χ0n) is 21.1. The molecule has 0 unspecified atom stereocenters. The van der Waals surface area contributed by atoms with Crippen molar-refractivity contribution in [3.05, 3.63) is 91.0 Å². The Morgan fingerprint density at radius 3 is 1.90 bits per heavy atom. The summed E-state index contributed by atoms with van der Waals surface area (Å²) >= 11 is 2.94. The number of aromatic hydroxyl groups is 2. The van der Waals surface area contributed by atoms with E-state index in [4.69, 9.17) is 15.7 Å². The van der Waals surface area contributed by atoms with Crippen LogP contribution in [0.2, 0.25) is 0 Å². The van der Waals surface area contributed by atoms with Crippen molar-refractivity contribution in [3.63, 3.8) is 0 Å². The summed E-state index contributed by atoms with van der Waals surface area (Å²) in [5, 5.41) is 25.7.